The molecule has 0 spiro atoms. The van der Waals surface area contributed by atoms with Gasteiger partial charge in [-0.05, 0) is 0 Å². The van der Waals surface area contributed by atoms with Crippen molar-refractivity contribution >= 4 is 7.26 Å². The van der Waals surface area contributed by atoms with Crippen molar-refractivity contribution in [2.45, 2.75) is 91.9 Å². The van der Waals surface area contributed by atoms with E-state index in [-0.39, 0.29) is 0 Å². The van der Waals surface area contributed by atoms with Crippen molar-refractivity contribution in [2.75, 3.05) is 24.6 Å². The van der Waals surface area contributed by atoms with Crippen LogP contribution in [-0.4, -0.2) is 24.6 Å². The molecule has 19 heavy (non-hydrogen) atoms. The molecule has 0 saturated heterocycles. The van der Waals surface area contributed by atoms with E-state index in [9.17, 15) is 0 Å². The molecule has 0 bridgehead atoms. The Morgan fingerprint density at radius 2 is 0.895 bits per heavy atom. The summed E-state index contributed by atoms with van der Waals surface area (Å²) in [5.41, 5.74) is 0. The summed E-state index contributed by atoms with van der Waals surface area (Å²) in [6.07, 6.45) is 21.1. The molecule has 0 fully saturated rings. The summed E-state index contributed by atoms with van der Waals surface area (Å²) in [6, 6.07) is 0. The summed E-state index contributed by atoms with van der Waals surface area (Å²) in [4.78, 5) is 0. The van der Waals surface area contributed by atoms with Gasteiger partial charge in [-0.15, -0.1) is 0 Å². The maximum absolute atomic E-state index is 2.50. The first-order chi connectivity index (χ1) is 9.24. The van der Waals surface area contributed by atoms with Crippen LogP contribution in [0, 0.1) is 0 Å². The van der Waals surface area contributed by atoms with Gasteiger partial charge in [0.05, 0.1) is 0 Å². The van der Waals surface area contributed by atoms with Gasteiger partial charge in [0.1, 0.15) is 0 Å². The van der Waals surface area contributed by atoms with Gasteiger partial charge in [-0.1, -0.05) is 0 Å². The van der Waals surface area contributed by atoms with Crippen LogP contribution in [0.1, 0.15) is 91.9 Å². The summed E-state index contributed by atoms with van der Waals surface area (Å²) in [5.74, 6) is 0. The van der Waals surface area contributed by atoms with E-state index in [0.717, 1.165) is 0 Å². The predicted molar refractivity (Wildman–Crippen MR) is 96.6 cm³/mol. The topological polar surface area (TPSA) is 0 Å². The summed E-state index contributed by atoms with van der Waals surface area (Å²) >= 11 is 0. The van der Waals surface area contributed by atoms with Crippen LogP contribution < -0.4 is 0 Å². The van der Waals surface area contributed by atoms with E-state index in [0.29, 0.717) is 0 Å². The third-order valence-corrected chi connectivity index (χ3v) is 10.7. The van der Waals surface area contributed by atoms with Crippen molar-refractivity contribution in [1.82, 2.24) is 0 Å². The van der Waals surface area contributed by atoms with Crippen molar-refractivity contribution < 1.29 is 0 Å². The Morgan fingerprint density at radius 3 is 1.26 bits per heavy atom. The second-order valence-corrected chi connectivity index (χ2v) is 11.8. The zero-order valence-electron chi connectivity index (χ0n) is 14.4. The van der Waals surface area contributed by atoms with Gasteiger partial charge in [0.25, 0.3) is 0 Å². The fourth-order valence-corrected chi connectivity index (χ4v) is 8.22. The molecule has 0 atom stereocenters. The van der Waals surface area contributed by atoms with E-state index in [1.54, 1.807) is 24.6 Å². The van der Waals surface area contributed by atoms with Crippen LogP contribution in [0.3, 0.4) is 0 Å². The van der Waals surface area contributed by atoms with Crippen molar-refractivity contribution in [2.24, 2.45) is 0 Å². The van der Waals surface area contributed by atoms with Crippen LogP contribution in [0.5, 0.6) is 0 Å². The van der Waals surface area contributed by atoms with Gasteiger partial charge < -0.3 is 0 Å². The summed E-state index contributed by atoms with van der Waals surface area (Å²) in [5, 5.41) is 0. The molecule has 0 aliphatic rings. The second kappa shape index (κ2) is 13.4. The fraction of sp³-hybridized carbons (Fsp3) is 1.00. The summed E-state index contributed by atoms with van der Waals surface area (Å²) in [7, 11) is -0.890. The van der Waals surface area contributed by atoms with Gasteiger partial charge in [0.2, 0.25) is 0 Å². The van der Waals surface area contributed by atoms with E-state index in [1.807, 2.05) is 0 Å². The average Bonchev–Trinajstić information content (AvgIpc) is 2.45. The van der Waals surface area contributed by atoms with Crippen molar-refractivity contribution in [3.05, 3.63) is 0 Å². The molecule has 0 rings (SSSR count). The second-order valence-electron chi connectivity index (χ2n) is 6.58. The van der Waals surface area contributed by atoms with E-state index in [1.165, 1.54) is 64.2 Å². The molecule has 0 amide bonds. The molecule has 1 heteroatoms. The predicted octanol–water partition coefficient (Wildman–Crippen LogP) is 6.72. The Hall–Kier alpha value is 0.430. The Labute approximate surface area is 124 Å². The van der Waals surface area contributed by atoms with Crippen LogP contribution >= 0.6 is 7.26 Å². The van der Waals surface area contributed by atoms with Crippen LogP contribution in [0.25, 0.3) is 0 Å². The summed E-state index contributed by atoms with van der Waals surface area (Å²) < 4.78 is 0. The van der Waals surface area contributed by atoms with Crippen molar-refractivity contribution in [1.29, 1.82) is 0 Å². The first-order valence-electron chi connectivity index (χ1n) is 9.24. The minimum atomic E-state index is -0.890. The van der Waals surface area contributed by atoms with E-state index in [4.69, 9.17) is 0 Å². The SMILES string of the molecule is CCCCCC[PH](CC)(CCCC)CCCCCC. The Balaban J connectivity index is 4.15. The molecule has 0 unspecified atom stereocenters. The standard InChI is InChI=1S/C18H41P/c1-5-9-12-14-17-19(8-4,16-11-7-3)18-15-13-10-6-2/h19H,5-18H2,1-4H3. The van der Waals surface area contributed by atoms with Gasteiger partial charge in [0.15, 0.2) is 0 Å². The fourth-order valence-electron chi connectivity index (χ4n) is 3.31. The Kier molecular flexibility index (Phi) is 13.7. The minimum absolute atomic E-state index is 0.890. The van der Waals surface area contributed by atoms with Gasteiger partial charge in [-0.25, -0.2) is 0 Å². The van der Waals surface area contributed by atoms with Crippen molar-refractivity contribution in [3.8, 4) is 0 Å². The number of hydrogen-bond acceptors (Lipinski definition) is 0. The van der Waals surface area contributed by atoms with Gasteiger partial charge in [0, 0.05) is 0 Å². The quantitative estimate of drug-likeness (QED) is 0.246. The van der Waals surface area contributed by atoms with Gasteiger partial charge >= 0.3 is 124 Å². The number of hydrogen-bond donors (Lipinski definition) is 0. The molecule has 118 valence electrons. The molecular weight excluding hydrogens is 247 g/mol. The van der Waals surface area contributed by atoms with E-state index < -0.39 is 7.26 Å². The van der Waals surface area contributed by atoms with Crippen LogP contribution in [0.2, 0.25) is 0 Å². The molecule has 0 aromatic carbocycles. The molecule has 0 aliphatic carbocycles. The molecule has 0 radical (unpaired) electrons. The zero-order valence-corrected chi connectivity index (χ0v) is 15.4. The number of rotatable bonds is 14. The van der Waals surface area contributed by atoms with Gasteiger partial charge in [-0.3, -0.25) is 0 Å². The summed E-state index contributed by atoms with van der Waals surface area (Å²) in [6.45, 7) is 9.52. The molecule has 0 aliphatic heterocycles. The van der Waals surface area contributed by atoms with Crippen molar-refractivity contribution in [3.63, 3.8) is 0 Å². The number of unbranched alkanes of at least 4 members (excludes halogenated alkanes) is 7. The monoisotopic (exact) mass is 288 g/mol. The van der Waals surface area contributed by atoms with E-state index >= 15 is 0 Å². The maximum atomic E-state index is 2.50. The van der Waals surface area contributed by atoms with Crippen LogP contribution in [0.15, 0.2) is 0 Å². The molecule has 0 aromatic heterocycles. The van der Waals surface area contributed by atoms with Crippen LogP contribution in [-0.2, 0) is 0 Å². The molecule has 0 N–H and O–H groups in total. The van der Waals surface area contributed by atoms with Gasteiger partial charge in [-0.2, -0.15) is 0 Å². The third kappa shape index (κ3) is 9.89. The Bertz CT molecular complexity index is 165. The molecule has 0 nitrogen and oxygen atoms in total. The first kappa shape index (κ1) is 19.4. The molecule has 0 heterocycles. The zero-order chi connectivity index (χ0) is 14.4. The normalized spacial score (nSPS) is 12.8. The molecule has 0 aromatic rings. The molecular formula is C18H41P. The third-order valence-electron chi connectivity index (χ3n) is 4.93. The molecule has 0 saturated carbocycles. The average molecular weight is 288 g/mol. The van der Waals surface area contributed by atoms with E-state index in [2.05, 4.69) is 27.7 Å². The first-order valence-corrected chi connectivity index (χ1v) is 12.1. The Morgan fingerprint density at radius 1 is 0.474 bits per heavy atom. The van der Waals surface area contributed by atoms with Crippen LogP contribution in [0.4, 0.5) is 0 Å².